The zero-order valence-electron chi connectivity index (χ0n) is 11.7. The van der Waals surface area contributed by atoms with Gasteiger partial charge in [0, 0.05) is 16.2 Å². The van der Waals surface area contributed by atoms with Gasteiger partial charge in [0.1, 0.15) is 0 Å². The van der Waals surface area contributed by atoms with Gasteiger partial charge in [-0.25, -0.2) is 21.6 Å². The molecule has 1 aliphatic rings. The van der Waals surface area contributed by atoms with Crippen LogP contribution in [0, 0.1) is 6.92 Å². The van der Waals surface area contributed by atoms with Crippen molar-refractivity contribution in [3.05, 3.63) is 22.7 Å². The molecule has 2 rings (SSSR count). The molecule has 6 nitrogen and oxygen atoms in total. The van der Waals surface area contributed by atoms with E-state index in [9.17, 15) is 16.8 Å². The lowest BCUT2D eigenvalue weighted by atomic mass is 10.0. The molecule has 3 N–H and O–H groups in total. The first kappa shape index (κ1) is 16.5. The van der Waals surface area contributed by atoms with Crippen molar-refractivity contribution in [2.24, 2.45) is 0 Å². The van der Waals surface area contributed by atoms with Gasteiger partial charge in [-0.05, 0) is 38.0 Å². The third-order valence-corrected chi connectivity index (χ3v) is 7.42. The SMILES string of the molecule is Cc1c(N)cc(Cl)cc1S(=O)(=O)NC1(C)CCS(=O)(=O)C1. The summed E-state index contributed by atoms with van der Waals surface area (Å²) in [7, 11) is -7.12. The third kappa shape index (κ3) is 3.50. The quantitative estimate of drug-likeness (QED) is 0.792. The van der Waals surface area contributed by atoms with Gasteiger partial charge in [-0.3, -0.25) is 0 Å². The molecule has 21 heavy (non-hydrogen) atoms. The van der Waals surface area contributed by atoms with Crippen molar-refractivity contribution in [2.75, 3.05) is 17.2 Å². The van der Waals surface area contributed by atoms with Crippen LogP contribution in [0.3, 0.4) is 0 Å². The van der Waals surface area contributed by atoms with E-state index in [2.05, 4.69) is 4.72 Å². The summed E-state index contributed by atoms with van der Waals surface area (Å²) in [5, 5.41) is 0.211. The van der Waals surface area contributed by atoms with E-state index >= 15 is 0 Å². The first-order chi connectivity index (χ1) is 9.44. The summed E-state index contributed by atoms with van der Waals surface area (Å²) in [5.41, 5.74) is 5.37. The molecule has 0 amide bonds. The Kier molecular flexibility index (Phi) is 4.03. The van der Waals surface area contributed by atoms with Crippen LogP contribution in [0.4, 0.5) is 5.69 Å². The Morgan fingerprint density at radius 1 is 1.38 bits per heavy atom. The maximum atomic E-state index is 12.5. The predicted octanol–water partition coefficient (Wildman–Crippen LogP) is 1.09. The second kappa shape index (κ2) is 5.12. The molecule has 1 fully saturated rings. The Labute approximate surface area is 129 Å². The van der Waals surface area contributed by atoms with Gasteiger partial charge < -0.3 is 5.73 Å². The summed E-state index contributed by atoms with van der Waals surface area (Å²) in [6.45, 7) is 3.16. The lowest BCUT2D eigenvalue weighted by Crippen LogP contribution is -2.46. The molecule has 1 aliphatic heterocycles. The Balaban J connectivity index is 2.41. The second-order valence-electron chi connectivity index (χ2n) is 5.63. The number of hydrogen-bond donors (Lipinski definition) is 2. The van der Waals surface area contributed by atoms with Gasteiger partial charge in [0.15, 0.2) is 9.84 Å². The smallest absolute Gasteiger partial charge is 0.241 e. The monoisotopic (exact) mass is 352 g/mol. The molecule has 0 aromatic heterocycles. The van der Waals surface area contributed by atoms with Gasteiger partial charge in [0.25, 0.3) is 0 Å². The Morgan fingerprint density at radius 2 is 2.00 bits per heavy atom. The highest BCUT2D eigenvalue weighted by Crippen LogP contribution is 2.29. The number of hydrogen-bond acceptors (Lipinski definition) is 5. The minimum atomic E-state index is -3.91. The molecule has 1 atom stereocenters. The van der Waals surface area contributed by atoms with Crippen LogP contribution in [-0.2, 0) is 19.9 Å². The molecule has 118 valence electrons. The summed E-state index contributed by atoms with van der Waals surface area (Å²) in [4.78, 5) is -0.0296. The molecule has 1 heterocycles. The molecule has 0 saturated carbocycles. The summed E-state index contributed by atoms with van der Waals surface area (Å²) in [6, 6.07) is 2.78. The van der Waals surface area contributed by atoms with Gasteiger partial charge >= 0.3 is 0 Å². The number of nitrogens with one attached hydrogen (secondary N) is 1. The molecule has 0 spiro atoms. The van der Waals surface area contributed by atoms with E-state index in [-0.39, 0.29) is 33.5 Å². The Morgan fingerprint density at radius 3 is 2.52 bits per heavy atom. The Bertz CT molecular complexity index is 790. The van der Waals surface area contributed by atoms with Gasteiger partial charge in [0.2, 0.25) is 10.0 Å². The largest absolute Gasteiger partial charge is 0.398 e. The molecule has 1 saturated heterocycles. The van der Waals surface area contributed by atoms with Crippen molar-refractivity contribution in [3.63, 3.8) is 0 Å². The van der Waals surface area contributed by atoms with E-state index in [0.29, 0.717) is 5.56 Å². The summed E-state index contributed by atoms with van der Waals surface area (Å²) in [6.07, 6.45) is 0.240. The van der Waals surface area contributed by atoms with E-state index < -0.39 is 25.4 Å². The number of anilines is 1. The number of sulfone groups is 1. The van der Waals surface area contributed by atoms with Crippen molar-refractivity contribution >= 4 is 37.1 Å². The van der Waals surface area contributed by atoms with Crippen molar-refractivity contribution < 1.29 is 16.8 Å². The maximum absolute atomic E-state index is 12.5. The van der Waals surface area contributed by atoms with Crippen LogP contribution < -0.4 is 10.5 Å². The molecule has 1 aromatic rings. The minimum absolute atomic E-state index is 0.0251. The van der Waals surface area contributed by atoms with Crippen LogP contribution in [0.1, 0.15) is 18.9 Å². The van der Waals surface area contributed by atoms with Crippen LogP contribution in [0.5, 0.6) is 0 Å². The molecule has 0 bridgehead atoms. The summed E-state index contributed by atoms with van der Waals surface area (Å²) >= 11 is 5.86. The van der Waals surface area contributed by atoms with E-state index in [0.717, 1.165) is 0 Å². The lowest BCUT2D eigenvalue weighted by molar-refractivity contribution is 0.461. The highest BCUT2D eigenvalue weighted by Gasteiger charge is 2.41. The number of rotatable bonds is 3. The molecule has 1 unspecified atom stereocenters. The van der Waals surface area contributed by atoms with Gasteiger partial charge in [-0.1, -0.05) is 11.6 Å². The van der Waals surface area contributed by atoms with Crippen molar-refractivity contribution in [2.45, 2.75) is 30.7 Å². The first-order valence-corrected chi connectivity index (χ1v) is 9.92. The highest BCUT2D eigenvalue weighted by atomic mass is 35.5. The molecule has 1 aromatic carbocycles. The fraction of sp³-hybridized carbons (Fsp3) is 0.500. The van der Waals surface area contributed by atoms with Crippen LogP contribution in [0.15, 0.2) is 17.0 Å². The fourth-order valence-electron chi connectivity index (χ4n) is 2.42. The second-order valence-corrected chi connectivity index (χ2v) is 9.90. The average molecular weight is 353 g/mol. The normalized spacial score (nSPS) is 25.1. The van der Waals surface area contributed by atoms with E-state index in [1.165, 1.54) is 12.1 Å². The summed E-state index contributed by atoms with van der Waals surface area (Å²) in [5.74, 6) is -0.239. The van der Waals surface area contributed by atoms with Crippen molar-refractivity contribution in [1.82, 2.24) is 4.72 Å². The number of benzene rings is 1. The van der Waals surface area contributed by atoms with Crippen molar-refractivity contribution in [1.29, 1.82) is 0 Å². The third-order valence-electron chi connectivity index (χ3n) is 3.54. The van der Waals surface area contributed by atoms with Crippen LogP contribution >= 0.6 is 11.6 Å². The standard InChI is InChI=1S/C12H17ClN2O4S2/c1-8-10(14)5-9(13)6-11(8)21(18,19)15-12(2)3-4-20(16,17)7-12/h5-6,15H,3-4,7,14H2,1-2H3. The van der Waals surface area contributed by atoms with E-state index in [1.807, 2.05) is 0 Å². The van der Waals surface area contributed by atoms with Crippen LogP contribution in [0.2, 0.25) is 5.02 Å². The number of nitrogen functional groups attached to an aromatic ring is 1. The topological polar surface area (TPSA) is 106 Å². The molecule has 0 radical (unpaired) electrons. The van der Waals surface area contributed by atoms with Crippen LogP contribution in [-0.4, -0.2) is 33.9 Å². The molecule has 0 aliphatic carbocycles. The minimum Gasteiger partial charge on any atom is -0.398 e. The Hall–Kier alpha value is -0.830. The van der Waals surface area contributed by atoms with E-state index in [1.54, 1.807) is 13.8 Å². The van der Waals surface area contributed by atoms with Crippen LogP contribution in [0.25, 0.3) is 0 Å². The molecule has 9 heteroatoms. The lowest BCUT2D eigenvalue weighted by Gasteiger charge is -2.24. The highest BCUT2D eigenvalue weighted by molar-refractivity contribution is 7.92. The molecular weight excluding hydrogens is 336 g/mol. The first-order valence-electron chi connectivity index (χ1n) is 6.24. The molecular formula is C12H17ClN2O4S2. The van der Waals surface area contributed by atoms with E-state index in [4.69, 9.17) is 17.3 Å². The fourth-order valence-corrected chi connectivity index (χ4v) is 6.64. The zero-order chi connectivity index (χ0) is 16.1. The maximum Gasteiger partial charge on any atom is 0.241 e. The average Bonchev–Trinajstić information content (AvgIpc) is 2.56. The van der Waals surface area contributed by atoms with Gasteiger partial charge in [-0.15, -0.1) is 0 Å². The number of sulfonamides is 1. The zero-order valence-corrected chi connectivity index (χ0v) is 14.1. The van der Waals surface area contributed by atoms with Crippen molar-refractivity contribution in [3.8, 4) is 0 Å². The summed E-state index contributed by atoms with van der Waals surface area (Å²) < 4.78 is 50.6. The van der Waals surface area contributed by atoms with Gasteiger partial charge in [0.05, 0.1) is 16.4 Å². The number of nitrogens with two attached hydrogens (primary N) is 1. The number of halogens is 1. The predicted molar refractivity (Wildman–Crippen MR) is 82.6 cm³/mol. The van der Waals surface area contributed by atoms with Gasteiger partial charge in [-0.2, -0.15) is 0 Å².